The second-order valence-corrected chi connectivity index (χ2v) is 5.26. The molecule has 110 valence electrons. The predicted octanol–water partition coefficient (Wildman–Crippen LogP) is 1.84. The average Bonchev–Trinajstić information content (AvgIpc) is 3.07. The fourth-order valence-electron chi connectivity index (χ4n) is 3.14. The van der Waals surface area contributed by atoms with E-state index in [1.165, 1.54) is 0 Å². The highest BCUT2D eigenvalue weighted by Gasteiger charge is 2.40. The first-order valence-corrected chi connectivity index (χ1v) is 6.87. The van der Waals surface area contributed by atoms with E-state index < -0.39 is 24.0 Å². The summed E-state index contributed by atoms with van der Waals surface area (Å²) in [6, 6.07) is 5.76. The van der Waals surface area contributed by atoms with Crippen molar-refractivity contribution in [1.29, 1.82) is 0 Å². The van der Waals surface area contributed by atoms with E-state index in [1.807, 2.05) is 24.3 Å². The van der Waals surface area contributed by atoms with Gasteiger partial charge in [-0.25, -0.2) is 0 Å². The topological polar surface area (TPSA) is 93.6 Å². The first kappa shape index (κ1) is 13.6. The molecule has 6 heteroatoms. The first-order chi connectivity index (χ1) is 10.1. The summed E-state index contributed by atoms with van der Waals surface area (Å²) in [7, 11) is 0. The number of nitrogens with one attached hydrogen (secondary N) is 1. The number of hydrogen-bond donors (Lipinski definition) is 3. The number of likely N-dealkylation sites (tertiary alicyclic amines) is 1. The number of carbonyl (C=O) groups is 2. The third-order valence-electron chi connectivity index (χ3n) is 4.06. The lowest BCUT2D eigenvalue weighted by molar-refractivity contribution is -0.149. The first-order valence-electron chi connectivity index (χ1n) is 6.87. The molecule has 0 amide bonds. The molecule has 1 fully saturated rings. The van der Waals surface area contributed by atoms with Crippen molar-refractivity contribution in [2.45, 2.75) is 24.9 Å². The van der Waals surface area contributed by atoms with E-state index in [2.05, 4.69) is 4.98 Å². The zero-order chi connectivity index (χ0) is 15.0. The lowest BCUT2D eigenvalue weighted by Crippen LogP contribution is -2.41. The smallest absolute Gasteiger partial charge is 0.325 e. The SMILES string of the molecule is O=C(O)[C@@H]1CCCN1[C@@H](C(=O)O)c1c[nH]c2ccccc12. The van der Waals surface area contributed by atoms with E-state index in [9.17, 15) is 19.8 Å². The molecule has 3 rings (SSSR count). The molecule has 0 aliphatic carbocycles. The molecular weight excluding hydrogens is 272 g/mol. The summed E-state index contributed by atoms with van der Waals surface area (Å²) in [6.45, 7) is 0.480. The molecule has 0 unspecified atom stereocenters. The molecule has 0 radical (unpaired) electrons. The Morgan fingerprint density at radius 1 is 1.29 bits per heavy atom. The molecule has 1 aromatic carbocycles. The molecule has 1 aliphatic heterocycles. The lowest BCUT2D eigenvalue weighted by atomic mass is 10.0. The van der Waals surface area contributed by atoms with Crippen LogP contribution in [0.25, 0.3) is 10.9 Å². The van der Waals surface area contributed by atoms with E-state index in [4.69, 9.17) is 0 Å². The molecule has 2 atom stereocenters. The molecule has 0 bridgehead atoms. The number of fused-ring (bicyclic) bond motifs is 1. The molecule has 2 heterocycles. The number of nitrogens with zero attached hydrogens (tertiary/aromatic N) is 1. The highest BCUT2D eigenvalue weighted by atomic mass is 16.4. The van der Waals surface area contributed by atoms with Crippen molar-refractivity contribution in [1.82, 2.24) is 9.88 Å². The standard InChI is InChI=1S/C15H16N2O4/c18-14(19)12-6-3-7-17(12)13(15(20)21)10-8-16-11-5-2-1-4-9(10)11/h1-2,4-5,8,12-13,16H,3,6-7H2,(H,18,19)(H,20,21)/t12-,13+/m0/s1. The number of hydrogen-bond acceptors (Lipinski definition) is 3. The van der Waals surface area contributed by atoms with Gasteiger partial charge in [0.1, 0.15) is 12.1 Å². The Morgan fingerprint density at radius 2 is 2.05 bits per heavy atom. The van der Waals surface area contributed by atoms with Gasteiger partial charge < -0.3 is 15.2 Å². The fraction of sp³-hybridized carbons (Fsp3) is 0.333. The molecule has 6 nitrogen and oxygen atoms in total. The van der Waals surface area contributed by atoms with Crippen molar-refractivity contribution in [3.63, 3.8) is 0 Å². The van der Waals surface area contributed by atoms with Crippen LogP contribution in [0.2, 0.25) is 0 Å². The Balaban J connectivity index is 2.06. The van der Waals surface area contributed by atoms with E-state index in [0.29, 0.717) is 24.9 Å². The third kappa shape index (κ3) is 2.27. The maximum Gasteiger partial charge on any atom is 0.325 e. The summed E-state index contributed by atoms with van der Waals surface area (Å²) in [5.74, 6) is -1.98. The van der Waals surface area contributed by atoms with E-state index in [-0.39, 0.29) is 0 Å². The number of rotatable bonds is 4. The molecule has 1 aliphatic rings. The van der Waals surface area contributed by atoms with Gasteiger partial charge >= 0.3 is 11.9 Å². The molecule has 0 saturated carbocycles. The minimum atomic E-state index is -1.02. The summed E-state index contributed by atoms with van der Waals surface area (Å²) in [6.07, 6.45) is 2.85. The molecule has 21 heavy (non-hydrogen) atoms. The minimum absolute atomic E-state index is 0.480. The van der Waals surface area contributed by atoms with Crippen LogP contribution < -0.4 is 0 Å². The van der Waals surface area contributed by atoms with E-state index >= 15 is 0 Å². The van der Waals surface area contributed by atoms with Gasteiger partial charge in [-0.2, -0.15) is 0 Å². The fourth-order valence-corrected chi connectivity index (χ4v) is 3.14. The number of carboxylic acid groups (broad SMARTS) is 2. The maximum absolute atomic E-state index is 11.7. The van der Waals surface area contributed by atoms with Gasteiger partial charge in [0.2, 0.25) is 0 Å². The van der Waals surface area contributed by atoms with Gasteiger partial charge in [-0.3, -0.25) is 14.5 Å². The zero-order valence-corrected chi connectivity index (χ0v) is 11.3. The van der Waals surface area contributed by atoms with Crippen molar-refractivity contribution < 1.29 is 19.8 Å². The second-order valence-electron chi connectivity index (χ2n) is 5.26. The van der Waals surface area contributed by atoms with E-state index in [0.717, 1.165) is 10.9 Å². The van der Waals surface area contributed by atoms with Crippen molar-refractivity contribution in [2.24, 2.45) is 0 Å². The normalized spacial score (nSPS) is 20.7. The molecule has 1 saturated heterocycles. The summed E-state index contributed by atoms with van der Waals surface area (Å²) >= 11 is 0. The van der Waals surface area contributed by atoms with Gasteiger partial charge in [0.15, 0.2) is 0 Å². The largest absolute Gasteiger partial charge is 0.480 e. The molecule has 1 aromatic heterocycles. The molecule has 0 spiro atoms. The van der Waals surface area contributed by atoms with Crippen LogP contribution in [-0.4, -0.2) is 44.6 Å². The van der Waals surface area contributed by atoms with Crippen LogP contribution in [0.3, 0.4) is 0 Å². The summed E-state index contributed by atoms with van der Waals surface area (Å²) < 4.78 is 0. The Bertz CT molecular complexity index is 694. The van der Waals surface area contributed by atoms with Crippen LogP contribution in [0.15, 0.2) is 30.5 Å². The number of aromatic amines is 1. The van der Waals surface area contributed by atoms with Crippen LogP contribution in [0.1, 0.15) is 24.4 Å². The van der Waals surface area contributed by atoms with Gasteiger partial charge in [-0.1, -0.05) is 18.2 Å². The Hall–Kier alpha value is -2.34. The van der Waals surface area contributed by atoms with Crippen molar-refractivity contribution >= 4 is 22.8 Å². The van der Waals surface area contributed by atoms with E-state index in [1.54, 1.807) is 11.1 Å². The number of benzene rings is 1. The van der Waals surface area contributed by atoms with Gasteiger partial charge in [0, 0.05) is 29.2 Å². The summed E-state index contributed by atoms with van der Waals surface area (Å²) in [4.78, 5) is 27.7. The number of H-pyrrole nitrogens is 1. The van der Waals surface area contributed by atoms with Gasteiger partial charge in [0.05, 0.1) is 0 Å². The number of para-hydroxylation sites is 1. The van der Waals surface area contributed by atoms with Crippen LogP contribution in [-0.2, 0) is 9.59 Å². The lowest BCUT2D eigenvalue weighted by Gasteiger charge is -2.27. The molecular formula is C15H16N2O4. The highest BCUT2D eigenvalue weighted by Crippen LogP contribution is 2.33. The number of aromatic nitrogens is 1. The monoisotopic (exact) mass is 288 g/mol. The second kappa shape index (κ2) is 5.21. The zero-order valence-electron chi connectivity index (χ0n) is 11.3. The number of aliphatic carboxylic acids is 2. The van der Waals surface area contributed by atoms with Crippen LogP contribution >= 0.6 is 0 Å². The van der Waals surface area contributed by atoms with Crippen LogP contribution in [0.4, 0.5) is 0 Å². The predicted molar refractivity (Wildman–Crippen MR) is 76.0 cm³/mol. The Kier molecular flexibility index (Phi) is 3.39. The maximum atomic E-state index is 11.7. The van der Waals surface area contributed by atoms with Crippen molar-refractivity contribution in [2.75, 3.05) is 6.54 Å². The average molecular weight is 288 g/mol. The minimum Gasteiger partial charge on any atom is -0.480 e. The van der Waals surface area contributed by atoms with Crippen LogP contribution in [0.5, 0.6) is 0 Å². The van der Waals surface area contributed by atoms with Gasteiger partial charge in [0.25, 0.3) is 0 Å². The van der Waals surface area contributed by atoms with Crippen molar-refractivity contribution in [3.05, 3.63) is 36.0 Å². The molecule has 3 N–H and O–H groups in total. The number of carboxylic acids is 2. The Labute approximate surface area is 121 Å². The summed E-state index contributed by atoms with van der Waals surface area (Å²) in [5.41, 5.74) is 1.47. The van der Waals surface area contributed by atoms with Gasteiger partial charge in [-0.15, -0.1) is 0 Å². The molecule has 2 aromatic rings. The highest BCUT2D eigenvalue weighted by molar-refractivity contribution is 5.89. The Morgan fingerprint density at radius 3 is 2.76 bits per heavy atom. The van der Waals surface area contributed by atoms with Crippen molar-refractivity contribution in [3.8, 4) is 0 Å². The quantitative estimate of drug-likeness (QED) is 0.798. The van der Waals surface area contributed by atoms with Crippen LogP contribution in [0, 0.1) is 0 Å². The van der Waals surface area contributed by atoms with Gasteiger partial charge in [-0.05, 0) is 18.9 Å². The third-order valence-corrected chi connectivity index (χ3v) is 4.06. The summed E-state index contributed by atoms with van der Waals surface area (Å²) in [5, 5.41) is 19.7.